The van der Waals surface area contributed by atoms with E-state index in [4.69, 9.17) is 9.15 Å². The summed E-state index contributed by atoms with van der Waals surface area (Å²) in [4.78, 5) is 4.19. The second kappa shape index (κ2) is 5.28. The van der Waals surface area contributed by atoms with Gasteiger partial charge in [-0.05, 0) is 20.4 Å². The summed E-state index contributed by atoms with van der Waals surface area (Å²) in [5.74, 6) is 1.61. The van der Waals surface area contributed by atoms with Gasteiger partial charge >= 0.3 is 0 Å². The summed E-state index contributed by atoms with van der Waals surface area (Å²) in [6.07, 6.45) is 2.51. The van der Waals surface area contributed by atoms with Gasteiger partial charge in [-0.1, -0.05) is 6.92 Å². The Hall–Kier alpha value is -0.870. The fourth-order valence-electron chi connectivity index (χ4n) is 1.24. The number of rotatable bonds is 6. The molecule has 4 nitrogen and oxygen atoms in total. The van der Waals surface area contributed by atoms with Gasteiger partial charge in [-0.15, -0.1) is 0 Å². The maximum Gasteiger partial charge on any atom is 0.208 e. The zero-order valence-corrected chi connectivity index (χ0v) is 9.96. The molecule has 0 saturated carbocycles. The van der Waals surface area contributed by atoms with Gasteiger partial charge in [0.05, 0.1) is 18.3 Å². The molecule has 0 aliphatic rings. The van der Waals surface area contributed by atoms with E-state index in [9.17, 15) is 0 Å². The van der Waals surface area contributed by atoms with Crippen molar-refractivity contribution in [2.75, 3.05) is 13.7 Å². The average Bonchev–Trinajstić information content (AvgIpc) is 2.62. The molecule has 1 N–H and O–H groups in total. The number of methoxy groups -OCH3 is 1. The molecule has 1 aromatic rings. The Morgan fingerprint density at radius 3 is 2.87 bits per heavy atom. The fraction of sp³-hybridized carbons (Fsp3) is 0.727. The predicted molar refractivity (Wildman–Crippen MR) is 58.7 cm³/mol. The lowest BCUT2D eigenvalue weighted by Gasteiger charge is -2.20. The van der Waals surface area contributed by atoms with Crippen LogP contribution in [-0.2, 0) is 17.7 Å². The van der Waals surface area contributed by atoms with Gasteiger partial charge in [0.2, 0.25) is 5.89 Å². The van der Waals surface area contributed by atoms with Gasteiger partial charge in [-0.2, -0.15) is 0 Å². The molecule has 86 valence electrons. The van der Waals surface area contributed by atoms with Crippen LogP contribution in [0, 0.1) is 0 Å². The number of nitrogens with zero attached hydrogens (tertiary/aromatic N) is 1. The van der Waals surface area contributed by atoms with Crippen LogP contribution in [0.5, 0.6) is 0 Å². The molecule has 15 heavy (non-hydrogen) atoms. The molecule has 0 radical (unpaired) electrons. The van der Waals surface area contributed by atoms with E-state index in [-0.39, 0.29) is 5.60 Å². The first-order chi connectivity index (χ1) is 7.07. The quantitative estimate of drug-likeness (QED) is 0.780. The highest BCUT2D eigenvalue weighted by Crippen LogP contribution is 2.16. The molecule has 0 spiro atoms. The van der Waals surface area contributed by atoms with E-state index in [1.165, 1.54) is 0 Å². The highest BCUT2D eigenvalue weighted by molar-refractivity contribution is 4.98. The van der Waals surface area contributed by atoms with E-state index in [1.807, 2.05) is 13.8 Å². The standard InChI is InChI=1S/C11H20N2O2/c1-5-12-8-10-13-7-9(15-10)6-11(2,3)14-4/h7,12H,5-6,8H2,1-4H3. The highest BCUT2D eigenvalue weighted by atomic mass is 16.5. The van der Waals surface area contributed by atoms with Crippen LogP contribution in [0.15, 0.2) is 10.6 Å². The van der Waals surface area contributed by atoms with Crippen molar-refractivity contribution in [3.8, 4) is 0 Å². The number of ether oxygens (including phenoxy) is 1. The Labute approximate surface area is 91.0 Å². The summed E-state index contributed by atoms with van der Waals surface area (Å²) >= 11 is 0. The Kier molecular flexibility index (Phi) is 4.29. The summed E-state index contributed by atoms with van der Waals surface area (Å²) in [5.41, 5.74) is -0.199. The summed E-state index contributed by atoms with van der Waals surface area (Å²) in [7, 11) is 1.70. The lowest BCUT2D eigenvalue weighted by molar-refractivity contribution is 0.0190. The average molecular weight is 212 g/mol. The van der Waals surface area contributed by atoms with Gasteiger partial charge < -0.3 is 14.5 Å². The van der Waals surface area contributed by atoms with Crippen LogP contribution in [0.2, 0.25) is 0 Å². The molecule has 0 amide bonds. The van der Waals surface area contributed by atoms with Crippen molar-refractivity contribution in [3.63, 3.8) is 0 Å². The topological polar surface area (TPSA) is 47.3 Å². The van der Waals surface area contributed by atoms with Crippen LogP contribution in [0.1, 0.15) is 32.4 Å². The zero-order valence-electron chi connectivity index (χ0n) is 9.96. The van der Waals surface area contributed by atoms with Gasteiger partial charge in [-0.25, -0.2) is 4.98 Å². The molecule has 0 aliphatic heterocycles. The number of aromatic nitrogens is 1. The van der Waals surface area contributed by atoms with Gasteiger partial charge in [0.25, 0.3) is 0 Å². The molecular formula is C11H20N2O2. The van der Waals surface area contributed by atoms with Crippen molar-refractivity contribution in [3.05, 3.63) is 17.8 Å². The van der Waals surface area contributed by atoms with Crippen LogP contribution < -0.4 is 5.32 Å². The van der Waals surface area contributed by atoms with E-state index in [0.717, 1.165) is 24.6 Å². The SMILES string of the molecule is CCNCc1ncc(CC(C)(C)OC)o1. The van der Waals surface area contributed by atoms with E-state index >= 15 is 0 Å². The number of hydrogen-bond acceptors (Lipinski definition) is 4. The van der Waals surface area contributed by atoms with Crippen molar-refractivity contribution < 1.29 is 9.15 Å². The van der Waals surface area contributed by atoms with Crippen LogP contribution in [-0.4, -0.2) is 24.2 Å². The molecule has 0 fully saturated rings. The van der Waals surface area contributed by atoms with Gasteiger partial charge in [0, 0.05) is 13.5 Å². The number of nitrogens with one attached hydrogen (secondary N) is 1. The molecular weight excluding hydrogens is 192 g/mol. The summed E-state index contributed by atoms with van der Waals surface area (Å²) in [6.45, 7) is 7.71. The third kappa shape index (κ3) is 4.01. The summed E-state index contributed by atoms with van der Waals surface area (Å²) < 4.78 is 10.9. The van der Waals surface area contributed by atoms with Crippen molar-refractivity contribution in [2.24, 2.45) is 0 Å². The Morgan fingerprint density at radius 1 is 1.53 bits per heavy atom. The third-order valence-corrected chi connectivity index (χ3v) is 2.28. The summed E-state index contributed by atoms with van der Waals surface area (Å²) in [6, 6.07) is 0. The smallest absolute Gasteiger partial charge is 0.208 e. The number of hydrogen-bond donors (Lipinski definition) is 1. The monoisotopic (exact) mass is 212 g/mol. The molecule has 0 aliphatic carbocycles. The second-order valence-electron chi connectivity index (χ2n) is 4.14. The lowest BCUT2D eigenvalue weighted by atomic mass is 10.0. The molecule has 1 heterocycles. The molecule has 0 unspecified atom stereocenters. The molecule has 0 aromatic carbocycles. The first-order valence-corrected chi connectivity index (χ1v) is 5.27. The highest BCUT2D eigenvalue weighted by Gasteiger charge is 2.19. The van der Waals surface area contributed by atoms with Crippen molar-refractivity contribution in [2.45, 2.75) is 39.3 Å². The Balaban J connectivity index is 2.52. The Bertz CT molecular complexity index is 295. The zero-order chi connectivity index (χ0) is 11.3. The minimum absolute atomic E-state index is 0.199. The van der Waals surface area contributed by atoms with E-state index in [1.54, 1.807) is 13.3 Å². The summed E-state index contributed by atoms with van der Waals surface area (Å²) in [5, 5.41) is 3.17. The first kappa shape index (κ1) is 12.2. The molecule has 4 heteroatoms. The minimum Gasteiger partial charge on any atom is -0.444 e. The predicted octanol–water partition coefficient (Wildman–Crippen LogP) is 1.75. The van der Waals surface area contributed by atoms with Crippen LogP contribution in [0.4, 0.5) is 0 Å². The molecule has 0 atom stereocenters. The van der Waals surface area contributed by atoms with E-state index in [2.05, 4.69) is 17.2 Å². The molecule has 0 saturated heterocycles. The van der Waals surface area contributed by atoms with Crippen LogP contribution >= 0.6 is 0 Å². The third-order valence-electron chi connectivity index (χ3n) is 2.28. The largest absolute Gasteiger partial charge is 0.444 e. The fourth-order valence-corrected chi connectivity index (χ4v) is 1.24. The van der Waals surface area contributed by atoms with Gasteiger partial charge in [0.1, 0.15) is 5.76 Å². The molecule has 0 bridgehead atoms. The van der Waals surface area contributed by atoms with Crippen molar-refractivity contribution in [1.29, 1.82) is 0 Å². The first-order valence-electron chi connectivity index (χ1n) is 5.27. The van der Waals surface area contributed by atoms with Crippen LogP contribution in [0.25, 0.3) is 0 Å². The maximum atomic E-state index is 5.57. The van der Waals surface area contributed by atoms with Crippen LogP contribution in [0.3, 0.4) is 0 Å². The lowest BCUT2D eigenvalue weighted by Crippen LogP contribution is -2.25. The van der Waals surface area contributed by atoms with Crippen molar-refractivity contribution in [1.82, 2.24) is 10.3 Å². The van der Waals surface area contributed by atoms with E-state index < -0.39 is 0 Å². The molecule has 1 rings (SSSR count). The second-order valence-corrected chi connectivity index (χ2v) is 4.14. The Morgan fingerprint density at radius 2 is 2.27 bits per heavy atom. The normalized spacial score (nSPS) is 12.0. The van der Waals surface area contributed by atoms with E-state index in [0.29, 0.717) is 6.54 Å². The van der Waals surface area contributed by atoms with Gasteiger partial charge in [-0.3, -0.25) is 0 Å². The maximum absolute atomic E-state index is 5.57. The minimum atomic E-state index is -0.199. The van der Waals surface area contributed by atoms with Gasteiger partial charge in [0.15, 0.2) is 0 Å². The number of oxazole rings is 1. The van der Waals surface area contributed by atoms with Crippen molar-refractivity contribution >= 4 is 0 Å². The molecule has 1 aromatic heterocycles.